The number of amides is 1. The lowest BCUT2D eigenvalue weighted by molar-refractivity contribution is 0.0782. The van der Waals surface area contributed by atoms with E-state index in [1.54, 1.807) is 18.3 Å². The number of cyclic esters (lactones) is 1. The molecule has 20 heavy (non-hydrogen) atoms. The molecule has 1 aromatic heterocycles. The first-order valence-corrected chi connectivity index (χ1v) is 6.96. The van der Waals surface area contributed by atoms with E-state index in [4.69, 9.17) is 4.74 Å². The summed E-state index contributed by atoms with van der Waals surface area (Å²) in [5.74, 6) is -0.368. The molecule has 1 saturated heterocycles. The molecule has 1 aromatic carbocycles. The number of carbonyl (C=O) groups is 1. The van der Waals surface area contributed by atoms with Crippen LogP contribution in [0, 0.1) is 9.39 Å². The van der Waals surface area contributed by atoms with Crippen LogP contribution < -0.4 is 4.90 Å². The Balaban J connectivity index is 1.94. The molecule has 1 amide bonds. The van der Waals surface area contributed by atoms with Gasteiger partial charge in [0.2, 0.25) is 6.23 Å². The molecule has 2 heterocycles. The van der Waals surface area contributed by atoms with Crippen LogP contribution in [0.5, 0.6) is 0 Å². The Bertz CT molecular complexity index is 649. The molecule has 104 valence electrons. The van der Waals surface area contributed by atoms with Gasteiger partial charge in [-0.25, -0.2) is 13.9 Å². The molecule has 8 heteroatoms. The van der Waals surface area contributed by atoms with Crippen LogP contribution in [0.3, 0.4) is 0 Å². The number of benzene rings is 1. The highest BCUT2D eigenvalue weighted by Gasteiger charge is 2.41. The molecule has 1 unspecified atom stereocenters. The predicted molar refractivity (Wildman–Crippen MR) is 76.6 cm³/mol. The fourth-order valence-corrected chi connectivity index (χ4v) is 2.49. The van der Waals surface area contributed by atoms with Gasteiger partial charge < -0.3 is 4.74 Å². The number of carbonyl (C=O) groups excluding carboxylic acids is 1. The van der Waals surface area contributed by atoms with Gasteiger partial charge in [-0.15, -0.1) is 5.10 Å². The van der Waals surface area contributed by atoms with Crippen LogP contribution in [0.4, 0.5) is 14.9 Å². The van der Waals surface area contributed by atoms with Gasteiger partial charge in [0.05, 0.1) is 17.9 Å². The van der Waals surface area contributed by atoms with Gasteiger partial charge in [-0.3, -0.25) is 4.90 Å². The first-order valence-electron chi connectivity index (χ1n) is 5.88. The molecule has 1 aliphatic heterocycles. The third-order valence-corrected chi connectivity index (χ3v) is 4.00. The third kappa shape index (κ3) is 2.13. The summed E-state index contributed by atoms with van der Waals surface area (Å²) in [5.41, 5.74) is 0.461. The summed E-state index contributed by atoms with van der Waals surface area (Å²) in [5, 5.41) is 7.52. The van der Waals surface area contributed by atoms with Crippen molar-refractivity contribution in [3.8, 4) is 0 Å². The van der Waals surface area contributed by atoms with Crippen molar-refractivity contribution in [2.45, 2.75) is 19.2 Å². The second-order valence-corrected chi connectivity index (χ2v) is 5.53. The largest absolute Gasteiger partial charge is 0.421 e. The Morgan fingerprint density at radius 2 is 2.25 bits per heavy atom. The normalized spacial score (nSPS) is 22.1. The van der Waals surface area contributed by atoms with Gasteiger partial charge in [-0.05, 0) is 47.7 Å². The molecule has 0 bridgehead atoms. The number of aromatic nitrogens is 3. The van der Waals surface area contributed by atoms with Crippen molar-refractivity contribution in [2.75, 3.05) is 4.90 Å². The molecule has 1 fully saturated rings. The van der Waals surface area contributed by atoms with Gasteiger partial charge in [0.15, 0.2) is 0 Å². The fraction of sp³-hybridized carbons (Fsp3) is 0.250. The summed E-state index contributed by atoms with van der Waals surface area (Å²) in [6.45, 7) is 1.81. The van der Waals surface area contributed by atoms with Crippen molar-refractivity contribution in [1.82, 2.24) is 15.0 Å². The average Bonchev–Trinajstić information content (AvgIpc) is 3.02. The summed E-state index contributed by atoms with van der Waals surface area (Å²) in [7, 11) is 0. The van der Waals surface area contributed by atoms with Crippen LogP contribution in [-0.2, 0) is 4.74 Å². The molecule has 0 aliphatic carbocycles. The van der Waals surface area contributed by atoms with Crippen LogP contribution in [0.15, 0.2) is 30.6 Å². The Morgan fingerprint density at radius 3 is 2.90 bits per heavy atom. The molecule has 6 nitrogen and oxygen atoms in total. The lowest BCUT2D eigenvalue weighted by atomic mass is 10.2. The van der Waals surface area contributed by atoms with E-state index >= 15 is 0 Å². The van der Waals surface area contributed by atoms with Crippen molar-refractivity contribution >= 4 is 34.4 Å². The van der Waals surface area contributed by atoms with Crippen LogP contribution in [0.25, 0.3) is 0 Å². The molecule has 3 rings (SSSR count). The Labute approximate surface area is 127 Å². The van der Waals surface area contributed by atoms with Gasteiger partial charge >= 0.3 is 6.09 Å². The zero-order chi connectivity index (χ0) is 14.3. The minimum absolute atomic E-state index is 0.316. The first kappa shape index (κ1) is 13.3. The zero-order valence-corrected chi connectivity index (χ0v) is 12.6. The molecule has 0 radical (unpaired) electrons. The van der Waals surface area contributed by atoms with Crippen molar-refractivity contribution in [3.05, 3.63) is 40.0 Å². The van der Waals surface area contributed by atoms with Crippen molar-refractivity contribution in [3.63, 3.8) is 0 Å². The maximum atomic E-state index is 13.6. The number of hydrogen-bond acceptors (Lipinski definition) is 4. The molecule has 0 saturated carbocycles. The quantitative estimate of drug-likeness (QED) is 0.743. The lowest BCUT2D eigenvalue weighted by Crippen LogP contribution is -2.33. The van der Waals surface area contributed by atoms with Gasteiger partial charge in [0, 0.05) is 9.77 Å². The van der Waals surface area contributed by atoms with E-state index < -0.39 is 12.3 Å². The maximum absolute atomic E-state index is 13.6. The lowest BCUT2D eigenvalue weighted by Gasteiger charge is -2.20. The molecule has 2 atom stereocenters. The molecule has 2 aromatic rings. The maximum Gasteiger partial charge on any atom is 0.416 e. The van der Waals surface area contributed by atoms with Crippen LogP contribution in [-0.4, -0.2) is 27.1 Å². The van der Waals surface area contributed by atoms with Crippen molar-refractivity contribution in [2.24, 2.45) is 0 Å². The summed E-state index contributed by atoms with van der Waals surface area (Å²) >= 11 is 1.90. The van der Waals surface area contributed by atoms with E-state index in [0.717, 1.165) is 0 Å². The van der Waals surface area contributed by atoms with Crippen LogP contribution >= 0.6 is 22.6 Å². The van der Waals surface area contributed by atoms with E-state index in [9.17, 15) is 9.18 Å². The van der Waals surface area contributed by atoms with Gasteiger partial charge in [0.1, 0.15) is 5.82 Å². The van der Waals surface area contributed by atoms with Gasteiger partial charge in [-0.1, -0.05) is 5.21 Å². The first-order chi connectivity index (χ1) is 9.58. The SMILES string of the molecule is CC1[C@@H](n2ccnn2)OC(=O)N1c1ccc(I)c(F)c1. The molecular weight excluding hydrogens is 378 g/mol. The number of nitrogens with zero attached hydrogens (tertiary/aromatic N) is 4. The second-order valence-electron chi connectivity index (χ2n) is 4.37. The second kappa shape index (κ2) is 5.00. The summed E-state index contributed by atoms with van der Waals surface area (Å²) in [6.07, 6.45) is 2.02. The molecular formula is C12H10FIN4O2. The number of anilines is 1. The van der Waals surface area contributed by atoms with E-state index in [2.05, 4.69) is 10.3 Å². The van der Waals surface area contributed by atoms with E-state index in [1.165, 1.54) is 21.8 Å². The third-order valence-electron chi connectivity index (χ3n) is 3.12. The molecule has 0 spiro atoms. The van der Waals surface area contributed by atoms with Crippen molar-refractivity contribution in [1.29, 1.82) is 0 Å². The van der Waals surface area contributed by atoms with Gasteiger partial charge in [0.25, 0.3) is 0 Å². The number of hydrogen-bond donors (Lipinski definition) is 0. The molecule has 0 N–H and O–H groups in total. The highest BCUT2D eigenvalue weighted by Crippen LogP contribution is 2.32. The smallest absolute Gasteiger partial charge is 0.416 e. The minimum Gasteiger partial charge on any atom is -0.421 e. The highest BCUT2D eigenvalue weighted by atomic mass is 127. The standard InChI is InChI=1S/C12H10FIN4O2/c1-7-11(17-5-4-15-16-17)20-12(19)18(7)8-2-3-10(14)9(13)6-8/h2-7,11H,1H3/t7?,11-/m0/s1. The van der Waals surface area contributed by atoms with E-state index in [-0.39, 0.29) is 11.9 Å². The minimum atomic E-state index is -0.577. The van der Waals surface area contributed by atoms with Crippen LogP contribution in [0.1, 0.15) is 13.2 Å². The van der Waals surface area contributed by atoms with E-state index in [0.29, 0.717) is 9.26 Å². The topological polar surface area (TPSA) is 60.2 Å². The summed E-state index contributed by atoms with van der Waals surface area (Å²) < 4.78 is 20.9. The zero-order valence-electron chi connectivity index (χ0n) is 10.4. The Hall–Kier alpha value is -1.71. The van der Waals surface area contributed by atoms with Gasteiger partial charge in [-0.2, -0.15) is 0 Å². The average molecular weight is 388 g/mol. The monoisotopic (exact) mass is 388 g/mol. The molecule has 1 aliphatic rings. The summed E-state index contributed by atoms with van der Waals surface area (Å²) in [6, 6.07) is 4.31. The van der Waals surface area contributed by atoms with Crippen molar-refractivity contribution < 1.29 is 13.9 Å². The number of halogens is 2. The Morgan fingerprint density at radius 1 is 1.45 bits per heavy atom. The predicted octanol–water partition coefficient (Wildman–Crippen LogP) is 2.57. The fourth-order valence-electron chi connectivity index (χ4n) is 2.16. The Kier molecular flexibility index (Phi) is 3.32. The van der Waals surface area contributed by atoms with E-state index in [1.807, 2.05) is 29.5 Å². The number of rotatable bonds is 2. The summed E-state index contributed by atoms with van der Waals surface area (Å²) in [4.78, 5) is 13.4. The van der Waals surface area contributed by atoms with Crippen LogP contribution in [0.2, 0.25) is 0 Å². The number of ether oxygens (including phenoxy) is 1. The highest BCUT2D eigenvalue weighted by molar-refractivity contribution is 14.1.